The zero-order chi connectivity index (χ0) is 70.4. The van der Waals surface area contributed by atoms with Crippen molar-refractivity contribution in [3.05, 3.63) is 85.1 Å². The second kappa shape index (κ2) is 58.5. The number of amides is 1. The highest BCUT2D eigenvalue weighted by Crippen LogP contribution is 2.33. The van der Waals surface area contributed by atoms with Gasteiger partial charge in [0.25, 0.3) is 0 Å². The summed E-state index contributed by atoms with van der Waals surface area (Å²) in [5.74, 6) is -0.243. The van der Waals surface area contributed by atoms with E-state index in [9.17, 15) is 61.0 Å². The number of unbranched alkanes of at least 4 members (excludes halogenated alkanes) is 29. The molecule has 0 spiro atoms. The molecule has 3 rings (SSSR count). The number of aliphatic hydroxyl groups is 11. The van der Waals surface area contributed by atoms with E-state index in [0.29, 0.717) is 12.8 Å². The monoisotopic (exact) mass is 1380 g/mol. The van der Waals surface area contributed by atoms with Crippen LogP contribution < -0.4 is 5.32 Å². The van der Waals surface area contributed by atoms with E-state index < -0.39 is 124 Å². The molecular weight excluding hydrogens is 1240 g/mol. The maximum absolute atomic E-state index is 13.4. The lowest BCUT2D eigenvalue weighted by molar-refractivity contribution is -0.379. The minimum atomic E-state index is -1.97. The standard InChI is InChI=1S/C78H137NO18/c1-3-5-7-9-11-13-15-17-18-19-20-21-22-23-24-25-26-27-28-29-30-31-32-33-34-35-36-37-38-39-40-41-42-44-46-48-50-52-54-56-66(84)79-61(62(83)55-53-51-49-47-45-43-16-14-12-10-8-6-4-2)60-92-76-72(90)69(87)74(64(58-81)94-76)97-78-73(91)70(88)75(65(59-82)95-78)96-77-71(89)68(86)67(85)63(57-80)93-77/h5,7,11,13,17-18,20-21,23-24,26-27,29-30,61-65,67-78,80-83,85-91H,3-4,6,8-10,12,14-16,19,22,25,28,31-60H2,1-2H3,(H,79,84)/b7-5-,13-11-,18-17-,21-20-,24-23-,27-26-,30-29-. The maximum Gasteiger partial charge on any atom is 0.220 e. The van der Waals surface area contributed by atoms with Crippen molar-refractivity contribution in [1.82, 2.24) is 5.32 Å². The fourth-order valence-electron chi connectivity index (χ4n) is 12.6. The lowest BCUT2D eigenvalue weighted by Crippen LogP contribution is -2.66. The van der Waals surface area contributed by atoms with Crippen LogP contribution in [0.1, 0.15) is 271 Å². The van der Waals surface area contributed by atoms with Gasteiger partial charge in [-0.25, -0.2) is 0 Å². The van der Waals surface area contributed by atoms with Crippen molar-refractivity contribution in [3.63, 3.8) is 0 Å². The molecule has 3 heterocycles. The third kappa shape index (κ3) is 39.3. The van der Waals surface area contributed by atoms with Crippen LogP contribution in [-0.2, 0) is 33.2 Å². The highest BCUT2D eigenvalue weighted by Gasteiger charge is 2.53. The molecule has 3 fully saturated rings. The minimum Gasteiger partial charge on any atom is -0.394 e. The molecule has 0 aromatic rings. The molecule has 0 radical (unpaired) electrons. The molecule has 19 nitrogen and oxygen atoms in total. The average molecular weight is 1380 g/mol. The molecule has 17 atom stereocenters. The Morgan fingerprint density at radius 3 is 1.11 bits per heavy atom. The maximum atomic E-state index is 13.4. The van der Waals surface area contributed by atoms with Crippen LogP contribution in [0.3, 0.4) is 0 Å². The van der Waals surface area contributed by atoms with E-state index in [0.717, 1.165) is 89.9 Å². The normalized spacial score (nSPS) is 27.4. The second-order valence-electron chi connectivity index (χ2n) is 27.1. The summed E-state index contributed by atoms with van der Waals surface area (Å²) in [6, 6.07) is -0.889. The Balaban J connectivity index is 1.30. The molecule has 3 aliphatic heterocycles. The first-order valence-corrected chi connectivity index (χ1v) is 38.3. The Morgan fingerprint density at radius 1 is 0.381 bits per heavy atom. The van der Waals surface area contributed by atoms with Crippen LogP contribution in [0.5, 0.6) is 0 Å². The van der Waals surface area contributed by atoms with Crippen LogP contribution >= 0.6 is 0 Å². The Morgan fingerprint density at radius 2 is 0.711 bits per heavy atom. The van der Waals surface area contributed by atoms with Crippen LogP contribution in [0, 0.1) is 0 Å². The molecule has 19 heteroatoms. The van der Waals surface area contributed by atoms with Gasteiger partial charge in [-0.15, -0.1) is 0 Å². The zero-order valence-corrected chi connectivity index (χ0v) is 59.8. The number of nitrogens with one attached hydrogen (secondary N) is 1. The topological polar surface area (TPSA) is 307 Å². The van der Waals surface area contributed by atoms with E-state index >= 15 is 0 Å². The lowest BCUT2D eigenvalue weighted by atomic mass is 9.96. The molecule has 3 saturated heterocycles. The van der Waals surface area contributed by atoms with Gasteiger partial charge in [-0.1, -0.05) is 279 Å². The number of carbonyl (C=O) groups excluding carboxylic acids is 1. The summed E-state index contributed by atoms with van der Waals surface area (Å²) >= 11 is 0. The van der Waals surface area contributed by atoms with Gasteiger partial charge in [0.05, 0.1) is 38.6 Å². The van der Waals surface area contributed by atoms with E-state index in [1.54, 1.807) is 0 Å². The number of hydrogen-bond donors (Lipinski definition) is 12. The van der Waals surface area contributed by atoms with Crippen molar-refractivity contribution in [3.8, 4) is 0 Å². The van der Waals surface area contributed by atoms with E-state index in [1.807, 2.05) is 0 Å². The van der Waals surface area contributed by atoms with Crippen LogP contribution in [-0.4, -0.2) is 193 Å². The summed E-state index contributed by atoms with van der Waals surface area (Å²) in [6.45, 7) is 1.68. The SMILES string of the molecule is CC/C=C\C/C=C\C/C=C\C/C=C\C/C=C\C/C=C\C/C=C\CCCCCCCCCCCCCCCCCCCC(=O)NC(COC1OC(CO)C(OC2OC(CO)C(OC3OC(CO)C(O)C(O)C3O)C(O)C2O)C(O)C1O)C(O)CCCCCCCCCCCCCCC. The van der Waals surface area contributed by atoms with Crippen molar-refractivity contribution >= 4 is 5.91 Å². The van der Waals surface area contributed by atoms with Gasteiger partial charge in [-0.3, -0.25) is 4.79 Å². The van der Waals surface area contributed by atoms with E-state index in [-0.39, 0.29) is 18.9 Å². The van der Waals surface area contributed by atoms with Crippen LogP contribution in [0.25, 0.3) is 0 Å². The molecule has 17 unspecified atom stereocenters. The Labute approximate surface area is 584 Å². The van der Waals surface area contributed by atoms with Crippen LogP contribution in [0.15, 0.2) is 85.1 Å². The molecular formula is C78H137NO18. The third-order valence-electron chi connectivity index (χ3n) is 18.7. The lowest BCUT2D eigenvalue weighted by Gasteiger charge is -2.48. The predicted octanol–water partition coefficient (Wildman–Crippen LogP) is 11.8. The molecule has 0 saturated carbocycles. The number of hydrogen-bond acceptors (Lipinski definition) is 18. The van der Waals surface area contributed by atoms with E-state index in [1.165, 1.54) is 148 Å². The number of allylic oxidation sites excluding steroid dienone is 14. The molecule has 0 aromatic heterocycles. The molecule has 97 heavy (non-hydrogen) atoms. The Kier molecular flexibility index (Phi) is 53.2. The molecule has 0 aromatic carbocycles. The van der Waals surface area contributed by atoms with Gasteiger partial charge in [-0.2, -0.15) is 0 Å². The van der Waals surface area contributed by atoms with Gasteiger partial charge in [0.1, 0.15) is 73.2 Å². The van der Waals surface area contributed by atoms with Crippen molar-refractivity contribution in [1.29, 1.82) is 0 Å². The largest absolute Gasteiger partial charge is 0.394 e. The minimum absolute atomic E-state index is 0.243. The summed E-state index contributed by atoms with van der Waals surface area (Å²) < 4.78 is 34.4. The fourth-order valence-corrected chi connectivity index (χ4v) is 12.6. The molecule has 562 valence electrons. The zero-order valence-electron chi connectivity index (χ0n) is 59.8. The fraction of sp³-hybridized carbons (Fsp3) is 0.808. The van der Waals surface area contributed by atoms with E-state index in [4.69, 9.17) is 28.4 Å². The van der Waals surface area contributed by atoms with Gasteiger partial charge < -0.3 is 89.9 Å². The average Bonchev–Trinajstić information content (AvgIpc) is 0.809. The summed E-state index contributed by atoms with van der Waals surface area (Å²) in [5.41, 5.74) is 0. The molecule has 12 N–H and O–H groups in total. The molecule has 3 aliphatic rings. The van der Waals surface area contributed by atoms with Crippen molar-refractivity contribution in [2.24, 2.45) is 0 Å². The molecule has 1 amide bonds. The van der Waals surface area contributed by atoms with Gasteiger partial charge in [0.15, 0.2) is 18.9 Å². The van der Waals surface area contributed by atoms with Gasteiger partial charge >= 0.3 is 0 Å². The highest BCUT2D eigenvalue weighted by molar-refractivity contribution is 5.76. The van der Waals surface area contributed by atoms with Crippen molar-refractivity contribution < 1.29 is 89.4 Å². The summed E-state index contributed by atoms with van der Waals surface area (Å²) in [4.78, 5) is 13.4. The first-order chi connectivity index (χ1) is 47.3. The first-order valence-electron chi connectivity index (χ1n) is 38.3. The third-order valence-corrected chi connectivity index (χ3v) is 18.7. The van der Waals surface area contributed by atoms with Crippen LogP contribution in [0.4, 0.5) is 0 Å². The number of aliphatic hydroxyl groups excluding tert-OH is 11. The van der Waals surface area contributed by atoms with Gasteiger partial charge in [0, 0.05) is 6.42 Å². The van der Waals surface area contributed by atoms with E-state index in [2.05, 4.69) is 104 Å². The second-order valence-corrected chi connectivity index (χ2v) is 27.1. The number of rotatable bonds is 59. The predicted molar refractivity (Wildman–Crippen MR) is 383 cm³/mol. The number of carbonyl (C=O) groups is 1. The van der Waals surface area contributed by atoms with Crippen molar-refractivity contribution in [2.75, 3.05) is 26.4 Å². The number of ether oxygens (including phenoxy) is 6. The quantitative estimate of drug-likeness (QED) is 0.0199. The van der Waals surface area contributed by atoms with Gasteiger partial charge in [0.2, 0.25) is 5.91 Å². The molecule has 0 aliphatic carbocycles. The highest BCUT2D eigenvalue weighted by atomic mass is 16.8. The summed E-state index contributed by atoms with van der Waals surface area (Å²) in [6.07, 6.45) is 49.7. The molecule has 0 bridgehead atoms. The summed E-state index contributed by atoms with van der Waals surface area (Å²) in [5, 5.41) is 121. The Bertz CT molecular complexity index is 2080. The summed E-state index contributed by atoms with van der Waals surface area (Å²) in [7, 11) is 0. The smallest absolute Gasteiger partial charge is 0.220 e. The van der Waals surface area contributed by atoms with Gasteiger partial charge in [-0.05, 0) is 70.6 Å². The Hall–Kier alpha value is -3.03. The van der Waals surface area contributed by atoms with Crippen molar-refractivity contribution in [2.45, 2.75) is 375 Å². The first kappa shape index (κ1) is 88.2. The van der Waals surface area contributed by atoms with Crippen LogP contribution in [0.2, 0.25) is 0 Å².